The number of furan rings is 1. The highest BCUT2D eigenvalue weighted by Gasteiger charge is 2.16. The monoisotopic (exact) mass is 486 g/mol. The van der Waals surface area contributed by atoms with Gasteiger partial charge in [-0.1, -0.05) is 42.5 Å². The fourth-order valence-electron chi connectivity index (χ4n) is 3.74. The molecule has 0 unspecified atom stereocenters. The third-order valence-corrected chi connectivity index (χ3v) is 6.71. The molecule has 0 bridgehead atoms. The maximum Gasteiger partial charge on any atom is 0.287 e. The van der Waals surface area contributed by atoms with Crippen molar-refractivity contribution in [1.29, 1.82) is 0 Å². The van der Waals surface area contributed by atoms with Crippen molar-refractivity contribution >= 4 is 28.2 Å². The standard InChI is InChI=1S/C26H22N4O4S/c1-16-24(35-26(28-16)17-7-4-3-5-8-17)19-11-12-22(31)30(29-19)14-13-27-25(32)21-15-18-9-6-10-20(33-2)23(18)34-21/h3-12,15H,13-14H2,1-2H3,(H,27,32). The highest BCUT2D eigenvalue weighted by molar-refractivity contribution is 7.18. The molecule has 0 atom stereocenters. The van der Waals surface area contributed by atoms with Crippen molar-refractivity contribution in [2.75, 3.05) is 13.7 Å². The maximum absolute atomic E-state index is 12.6. The van der Waals surface area contributed by atoms with Crippen LogP contribution in [0.1, 0.15) is 16.2 Å². The van der Waals surface area contributed by atoms with Gasteiger partial charge in [0.15, 0.2) is 17.1 Å². The first kappa shape index (κ1) is 22.5. The highest BCUT2D eigenvalue weighted by Crippen LogP contribution is 2.33. The minimum absolute atomic E-state index is 0.173. The predicted octanol–water partition coefficient (Wildman–Crippen LogP) is 4.53. The molecule has 0 aliphatic carbocycles. The van der Waals surface area contributed by atoms with E-state index < -0.39 is 0 Å². The number of carbonyl (C=O) groups excluding carboxylic acids is 1. The van der Waals surface area contributed by atoms with Gasteiger partial charge in [0.1, 0.15) is 10.7 Å². The molecule has 3 heterocycles. The Hall–Kier alpha value is -4.24. The number of amides is 1. The molecule has 0 spiro atoms. The molecule has 3 aromatic heterocycles. The number of ether oxygens (including phenoxy) is 1. The molecule has 176 valence electrons. The van der Waals surface area contributed by atoms with Gasteiger partial charge in [0, 0.05) is 23.6 Å². The second-order valence-corrected chi connectivity index (χ2v) is 8.82. The summed E-state index contributed by atoms with van der Waals surface area (Å²) in [6, 6.07) is 20.2. The first-order valence-corrected chi connectivity index (χ1v) is 11.8. The van der Waals surface area contributed by atoms with E-state index in [1.807, 2.05) is 49.4 Å². The summed E-state index contributed by atoms with van der Waals surface area (Å²) in [4.78, 5) is 30.6. The summed E-state index contributed by atoms with van der Waals surface area (Å²) in [6.45, 7) is 2.35. The molecular weight excluding hydrogens is 464 g/mol. The maximum atomic E-state index is 12.6. The molecule has 0 fully saturated rings. The van der Waals surface area contributed by atoms with Crippen LogP contribution in [0.15, 0.2) is 75.9 Å². The molecule has 0 aliphatic rings. The van der Waals surface area contributed by atoms with Crippen molar-refractivity contribution in [2.24, 2.45) is 0 Å². The third-order valence-electron chi connectivity index (χ3n) is 5.48. The van der Waals surface area contributed by atoms with E-state index in [-0.39, 0.29) is 30.3 Å². The number of nitrogens with zero attached hydrogens (tertiary/aromatic N) is 3. The zero-order valence-electron chi connectivity index (χ0n) is 19.1. The van der Waals surface area contributed by atoms with Gasteiger partial charge in [-0.3, -0.25) is 9.59 Å². The Kier molecular flexibility index (Phi) is 6.15. The molecule has 8 nitrogen and oxygen atoms in total. The minimum Gasteiger partial charge on any atom is -0.493 e. The molecule has 0 aliphatic heterocycles. The first-order valence-electron chi connectivity index (χ1n) is 11.0. The molecule has 0 saturated carbocycles. The number of para-hydroxylation sites is 1. The Balaban J connectivity index is 1.30. The molecule has 5 rings (SSSR count). The molecule has 35 heavy (non-hydrogen) atoms. The van der Waals surface area contributed by atoms with Crippen LogP contribution in [0.5, 0.6) is 5.75 Å². The Morgan fingerprint density at radius 3 is 2.74 bits per heavy atom. The second kappa shape index (κ2) is 9.55. The number of carbonyl (C=O) groups is 1. The molecule has 9 heteroatoms. The van der Waals surface area contributed by atoms with E-state index in [0.29, 0.717) is 17.0 Å². The summed E-state index contributed by atoms with van der Waals surface area (Å²) >= 11 is 1.53. The summed E-state index contributed by atoms with van der Waals surface area (Å²) in [7, 11) is 1.55. The molecule has 0 saturated heterocycles. The van der Waals surface area contributed by atoms with Gasteiger partial charge in [0.05, 0.1) is 24.2 Å². The SMILES string of the molecule is COc1cccc2cc(C(=O)NCCn3nc(-c4sc(-c5ccccc5)nc4C)ccc3=O)oc12. The molecule has 5 aromatic rings. The van der Waals surface area contributed by atoms with Gasteiger partial charge in [0.25, 0.3) is 11.5 Å². The second-order valence-electron chi connectivity index (χ2n) is 7.82. The summed E-state index contributed by atoms with van der Waals surface area (Å²) in [5.74, 6) is 0.355. The Morgan fingerprint density at radius 1 is 1.11 bits per heavy atom. The lowest BCUT2D eigenvalue weighted by molar-refractivity contribution is 0.0926. The average molecular weight is 487 g/mol. The average Bonchev–Trinajstić information content (AvgIpc) is 3.49. The van der Waals surface area contributed by atoms with Crippen molar-refractivity contribution in [2.45, 2.75) is 13.5 Å². The van der Waals surface area contributed by atoms with Crippen LogP contribution in [-0.2, 0) is 6.54 Å². The van der Waals surface area contributed by atoms with Crippen LogP contribution in [0.3, 0.4) is 0 Å². The van der Waals surface area contributed by atoms with Crippen molar-refractivity contribution < 1.29 is 13.9 Å². The normalized spacial score (nSPS) is 11.0. The Labute approximate surface area is 204 Å². The van der Waals surface area contributed by atoms with Crippen molar-refractivity contribution in [1.82, 2.24) is 20.1 Å². The third kappa shape index (κ3) is 4.58. The lowest BCUT2D eigenvalue weighted by Crippen LogP contribution is -2.31. The Bertz CT molecular complexity index is 1570. The number of benzene rings is 2. The zero-order chi connectivity index (χ0) is 24.4. The Morgan fingerprint density at radius 2 is 1.94 bits per heavy atom. The largest absolute Gasteiger partial charge is 0.493 e. The number of fused-ring (bicyclic) bond motifs is 1. The van der Waals surface area contributed by atoms with E-state index >= 15 is 0 Å². The first-order chi connectivity index (χ1) is 17.0. The van der Waals surface area contributed by atoms with E-state index in [1.54, 1.807) is 25.3 Å². The fourth-order valence-corrected chi connectivity index (χ4v) is 4.78. The van der Waals surface area contributed by atoms with Gasteiger partial charge in [-0.15, -0.1) is 11.3 Å². The van der Waals surface area contributed by atoms with Crippen LogP contribution in [0, 0.1) is 6.92 Å². The zero-order valence-corrected chi connectivity index (χ0v) is 20.0. The molecule has 0 radical (unpaired) electrons. The fraction of sp³-hybridized carbons (Fsp3) is 0.154. The van der Waals surface area contributed by atoms with Crippen LogP contribution in [0.2, 0.25) is 0 Å². The van der Waals surface area contributed by atoms with Crippen molar-refractivity contribution in [3.63, 3.8) is 0 Å². The van der Waals surface area contributed by atoms with Gasteiger partial charge >= 0.3 is 0 Å². The number of nitrogens with one attached hydrogen (secondary N) is 1. The van der Waals surface area contributed by atoms with Gasteiger partial charge in [-0.05, 0) is 25.1 Å². The van der Waals surface area contributed by atoms with E-state index in [2.05, 4.69) is 15.4 Å². The number of hydrogen-bond acceptors (Lipinski definition) is 7. The van der Waals surface area contributed by atoms with Crippen LogP contribution in [-0.4, -0.2) is 34.3 Å². The van der Waals surface area contributed by atoms with Gasteiger partial charge in [0.2, 0.25) is 0 Å². The highest BCUT2D eigenvalue weighted by atomic mass is 32.1. The molecular formula is C26H22N4O4S. The van der Waals surface area contributed by atoms with Gasteiger partial charge in [-0.25, -0.2) is 9.67 Å². The quantitative estimate of drug-likeness (QED) is 0.363. The van der Waals surface area contributed by atoms with Crippen LogP contribution >= 0.6 is 11.3 Å². The van der Waals surface area contributed by atoms with E-state index in [9.17, 15) is 9.59 Å². The number of aryl methyl sites for hydroxylation is 1. The van der Waals surface area contributed by atoms with E-state index in [0.717, 1.165) is 26.5 Å². The van der Waals surface area contributed by atoms with Crippen molar-refractivity contribution in [3.05, 3.63) is 88.5 Å². The van der Waals surface area contributed by atoms with Gasteiger partial charge < -0.3 is 14.5 Å². The lowest BCUT2D eigenvalue weighted by Gasteiger charge is -2.07. The smallest absolute Gasteiger partial charge is 0.287 e. The van der Waals surface area contributed by atoms with Crippen molar-refractivity contribution in [3.8, 4) is 26.9 Å². The molecule has 1 amide bonds. The van der Waals surface area contributed by atoms with Gasteiger partial charge in [-0.2, -0.15) is 5.10 Å². The lowest BCUT2D eigenvalue weighted by atomic mass is 10.2. The minimum atomic E-state index is -0.377. The summed E-state index contributed by atoms with van der Waals surface area (Å²) in [6.07, 6.45) is 0. The van der Waals surface area contributed by atoms with Crippen LogP contribution in [0.4, 0.5) is 0 Å². The number of hydrogen-bond donors (Lipinski definition) is 1. The number of thiazole rings is 1. The summed E-state index contributed by atoms with van der Waals surface area (Å²) < 4.78 is 12.3. The number of rotatable bonds is 7. The topological polar surface area (TPSA) is 99.2 Å². The summed E-state index contributed by atoms with van der Waals surface area (Å²) in [5.41, 5.74) is 2.81. The molecule has 2 aromatic carbocycles. The van der Waals surface area contributed by atoms with E-state index in [4.69, 9.17) is 9.15 Å². The predicted molar refractivity (Wildman–Crippen MR) is 135 cm³/mol. The number of aromatic nitrogens is 3. The van der Waals surface area contributed by atoms with Crippen LogP contribution < -0.4 is 15.6 Å². The molecule has 1 N–H and O–H groups in total. The van der Waals surface area contributed by atoms with E-state index in [1.165, 1.54) is 22.1 Å². The van der Waals surface area contributed by atoms with Crippen LogP contribution in [0.25, 0.3) is 32.1 Å². The summed E-state index contributed by atoms with van der Waals surface area (Å²) in [5, 5.41) is 8.98. The number of methoxy groups -OCH3 is 1.